The molecule has 0 saturated heterocycles. The highest BCUT2D eigenvalue weighted by Gasteiger charge is 1.69. The number of hydrogen-bond acceptors (Lipinski definition) is 3. The molecule has 0 atom stereocenters. The van der Waals surface area contributed by atoms with Gasteiger partial charge in [0, 0.05) is 0 Å². The zero-order valence-electron chi connectivity index (χ0n) is 4.28. The Bertz CT molecular complexity index is 172. The molecule has 0 unspecified atom stereocenters. The summed E-state index contributed by atoms with van der Waals surface area (Å²) in [4.78, 5) is 11.1. The van der Waals surface area contributed by atoms with E-state index < -0.39 is 0 Å². The Labute approximate surface area is 47.2 Å². The molecule has 0 N–H and O–H groups in total. The smallest absolute Gasteiger partial charge is 0.127 e. The van der Waals surface area contributed by atoms with Crippen molar-refractivity contribution in [2.24, 2.45) is 15.0 Å². The maximum atomic E-state index is 3.83. The van der Waals surface area contributed by atoms with Gasteiger partial charge in [0.05, 0.1) is 6.54 Å². The number of aliphatic imine (C=N–C) groups is 3. The first-order chi connectivity index (χ1) is 4.00. The molecule has 1 aliphatic rings. The van der Waals surface area contributed by atoms with E-state index in [1.54, 1.807) is 6.08 Å². The molecule has 3 nitrogen and oxygen atoms in total. The summed E-state index contributed by atoms with van der Waals surface area (Å²) in [6.45, 7) is 0.626. The molecule has 0 aromatic heterocycles. The summed E-state index contributed by atoms with van der Waals surface area (Å²) in [5.74, 6) is 2.62. The summed E-state index contributed by atoms with van der Waals surface area (Å²) in [5, 5.41) is 0. The molecule has 1 rings (SSSR count). The Balaban J connectivity index is 2.70. The van der Waals surface area contributed by atoms with Gasteiger partial charge in [-0.2, -0.15) is 4.99 Å². The monoisotopic (exact) mass is 107 g/mol. The van der Waals surface area contributed by atoms with Gasteiger partial charge in [-0.3, -0.25) is 4.99 Å². The Hall–Kier alpha value is -1.21. The van der Waals surface area contributed by atoms with Crippen LogP contribution in [0.2, 0.25) is 0 Å². The van der Waals surface area contributed by atoms with E-state index in [1.807, 2.05) is 0 Å². The first-order valence-electron chi connectivity index (χ1n) is 2.27. The van der Waals surface area contributed by atoms with Crippen molar-refractivity contribution in [2.75, 3.05) is 6.54 Å². The van der Waals surface area contributed by atoms with Gasteiger partial charge in [0.15, 0.2) is 0 Å². The minimum Gasteiger partial charge on any atom is -0.269 e. The zero-order chi connectivity index (χ0) is 5.66. The van der Waals surface area contributed by atoms with Crippen LogP contribution in [0.5, 0.6) is 0 Å². The molecule has 0 bridgehead atoms. The molecule has 0 saturated carbocycles. The van der Waals surface area contributed by atoms with Crippen molar-refractivity contribution in [2.45, 2.75) is 0 Å². The Morgan fingerprint density at radius 1 is 1.38 bits per heavy atom. The molecule has 0 amide bonds. The van der Waals surface area contributed by atoms with Crippen molar-refractivity contribution in [3.63, 3.8) is 0 Å². The van der Waals surface area contributed by atoms with Crippen LogP contribution in [-0.2, 0) is 0 Å². The number of hydrogen-bond donors (Lipinski definition) is 0. The Morgan fingerprint density at radius 3 is 3.38 bits per heavy atom. The molecular formula is C5H5N3. The van der Waals surface area contributed by atoms with Crippen LogP contribution in [0.4, 0.5) is 0 Å². The average Bonchev–Trinajstić information content (AvgIpc) is 1.62. The second-order valence-corrected chi connectivity index (χ2v) is 1.21. The second kappa shape index (κ2) is 2.88. The van der Waals surface area contributed by atoms with Crippen LogP contribution in [0, 0.1) is 0 Å². The Morgan fingerprint density at radius 2 is 2.38 bits per heavy atom. The third-order valence-corrected chi connectivity index (χ3v) is 0.635. The minimum atomic E-state index is 0.626. The van der Waals surface area contributed by atoms with Gasteiger partial charge >= 0.3 is 0 Å². The van der Waals surface area contributed by atoms with Crippen molar-refractivity contribution >= 4 is 18.5 Å². The van der Waals surface area contributed by atoms with E-state index in [4.69, 9.17) is 0 Å². The largest absolute Gasteiger partial charge is 0.269 e. The molecular weight excluding hydrogens is 102 g/mol. The lowest BCUT2D eigenvalue weighted by molar-refractivity contribution is 1.26. The van der Waals surface area contributed by atoms with E-state index in [0.717, 1.165) is 0 Å². The van der Waals surface area contributed by atoms with E-state index in [2.05, 4.69) is 20.8 Å². The fourth-order valence-electron chi connectivity index (χ4n) is 0.337. The van der Waals surface area contributed by atoms with Gasteiger partial charge in [0.25, 0.3) is 0 Å². The van der Waals surface area contributed by atoms with Crippen molar-refractivity contribution in [3.05, 3.63) is 6.08 Å². The summed E-state index contributed by atoms with van der Waals surface area (Å²) in [7, 11) is 0. The van der Waals surface area contributed by atoms with Gasteiger partial charge in [0.2, 0.25) is 0 Å². The van der Waals surface area contributed by atoms with Crippen LogP contribution in [0.25, 0.3) is 0 Å². The second-order valence-electron chi connectivity index (χ2n) is 1.21. The van der Waals surface area contributed by atoms with Crippen LogP contribution in [0.15, 0.2) is 21.1 Å². The van der Waals surface area contributed by atoms with Crippen LogP contribution >= 0.6 is 0 Å². The first kappa shape index (κ1) is 4.94. The molecule has 1 aliphatic heterocycles. The highest BCUT2D eigenvalue weighted by Crippen LogP contribution is 1.71. The zero-order valence-corrected chi connectivity index (χ0v) is 4.28. The fraction of sp³-hybridized carbons (Fsp3) is 0.200. The van der Waals surface area contributed by atoms with E-state index >= 15 is 0 Å². The Kier molecular flexibility index (Phi) is 1.78. The molecule has 0 aromatic carbocycles. The van der Waals surface area contributed by atoms with E-state index in [1.165, 1.54) is 12.7 Å². The predicted octanol–water partition coefficient (Wildman–Crippen LogP) is 0.282. The maximum Gasteiger partial charge on any atom is 0.127 e. The summed E-state index contributed by atoms with van der Waals surface area (Å²) in [6.07, 6.45) is 4.61. The summed E-state index contributed by atoms with van der Waals surface area (Å²) in [6, 6.07) is 0. The van der Waals surface area contributed by atoms with Gasteiger partial charge in [0.1, 0.15) is 12.7 Å². The molecule has 0 spiro atoms. The van der Waals surface area contributed by atoms with Crippen LogP contribution in [0.3, 0.4) is 0 Å². The minimum absolute atomic E-state index is 0.626. The summed E-state index contributed by atoms with van der Waals surface area (Å²) in [5.41, 5.74) is 0. The predicted molar refractivity (Wildman–Crippen MR) is 33.9 cm³/mol. The molecule has 0 aliphatic carbocycles. The van der Waals surface area contributed by atoms with E-state index in [0.29, 0.717) is 6.54 Å². The number of nitrogens with zero attached hydrogens (tertiary/aromatic N) is 3. The molecule has 1 heterocycles. The van der Waals surface area contributed by atoms with E-state index in [-0.39, 0.29) is 0 Å². The molecule has 40 valence electrons. The molecule has 0 fully saturated rings. The summed E-state index contributed by atoms with van der Waals surface area (Å²) >= 11 is 0. The highest BCUT2D eigenvalue weighted by atomic mass is 14.9. The third kappa shape index (κ3) is 1.49. The van der Waals surface area contributed by atoms with Crippen molar-refractivity contribution in [1.29, 1.82) is 0 Å². The van der Waals surface area contributed by atoms with Crippen molar-refractivity contribution < 1.29 is 0 Å². The van der Waals surface area contributed by atoms with Gasteiger partial charge in [-0.15, -0.1) is 0 Å². The summed E-state index contributed by atoms with van der Waals surface area (Å²) < 4.78 is 0. The molecule has 0 radical (unpaired) electrons. The SMILES string of the molecule is C1=CCN=CN=CN=1. The third-order valence-electron chi connectivity index (χ3n) is 0.635. The first-order valence-corrected chi connectivity index (χ1v) is 2.27. The van der Waals surface area contributed by atoms with Crippen molar-refractivity contribution in [1.82, 2.24) is 0 Å². The normalized spacial score (nSPS) is 16.0. The van der Waals surface area contributed by atoms with Crippen LogP contribution < -0.4 is 0 Å². The lowest BCUT2D eigenvalue weighted by Gasteiger charge is -1.78. The van der Waals surface area contributed by atoms with Crippen LogP contribution in [-0.4, -0.2) is 25.1 Å². The number of rotatable bonds is 0. The topological polar surface area (TPSA) is 37.1 Å². The lowest BCUT2D eigenvalue weighted by Crippen LogP contribution is -1.78. The standard InChI is InChI=1S/C5H5N3/c1-2-6-4-8-5-7-3-1/h1,4-5H,2H2. The van der Waals surface area contributed by atoms with Gasteiger partial charge < -0.3 is 0 Å². The lowest BCUT2D eigenvalue weighted by atomic mass is 10.6. The van der Waals surface area contributed by atoms with Gasteiger partial charge in [-0.05, 0) is 11.9 Å². The van der Waals surface area contributed by atoms with Gasteiger partial charge in [-0.1, -0.05) is 0 Å². The highest BCUT2D eigenvalue weighted by molar-refractivity contribution is 5.77. The quantitative estimate of drug-likeness (QED) is 0.426. The molecule has 3 heteroatoms. The fourth-order valence-corrected chi connectivity index (χ4v) is 0.337. The molecule has 8 heavy (non-hydrogen) atoms. The maximum absolute atomic E-state index is 3.83. The van der Waals surface area contributed by atoms with Crippen molar-refractivity contribution in [3.8, 4) is 0 Å². The van der Waals surface area contributed by atoms with Crippen LogP contribution in [0.1, 0.15) is 0 Å². The average molecular weight is 107 g/mol. The van der Waals surface area contributed by atoms with E-state index in [9.17, 15) is 0 Å². The molecule has 0 aromatic rings. The van der Waals surface area contributed by atoms with Gasteiger partial charge in [-0.25, -0.2) is 4.99 Å².